The summed E-state index contributed by atoms with van der Waals surface area (Å²) in [6, 6.07) is 0. The molecule has 0 aromatic carbocycles. The van der Waals surface area contributed by atoms with Crippen LogP contribution in [0.4, 0.5) is 0 Å². The molecule has 12 heavy (non-hydrogen) atoms. The van der Waals surface area contributed by atoms with Crippen molar-refractivity contribution in [3.8, 4) is 0 Å². The highest BCUT2D eigenvalue weighted by Crippen LogP contribution is 2.08. The van der Waals surface area contributed by atoms with Crippen LogP contribution in [0.1, 0.15) is 34.1 Å². The van der Waals surface area contributed by atoms with Crippen LogP contribution in [-0.2, 0) is 4.74 Å². The predicted octanol–water partition coefficient (Wildman–Crippen LogP) is 3.19. The van der Waals surface area contributed by atoms with Gasteiger partial charge in [-0.2, -0.15) is 11.8 Å². The second kappa shape index (κ2) is 7.93. The van der Waals surface area contributed by atoms with Crippen molar-refractivity contribution in [2.24, 2.45) is 5.92 Å². The van der Waals surface area contributed by atoms with Crippen LogP contribution in [-0.4, -0.2) is 24.2 Å². The van der Waals surface area contributed by atoms with Gasteiger partial charge in [0.15, 0.2) is 0 Å². The van der Waals surface area contributed by atoms with Crippen LogP contribution in [0.25, 0.3) is 0 Å². The van der Waals surface area contributed by atoms with Crippen LogP contribution in [0.2, 0.25) is 0 Å². The normalized spacial score (nSPS) is 11.5. The van der Waals surface area contributed by atoms with Gasteiger partial charge in [0.2, 0.25) is 0 Å². The lowest BCUT2D eigenvalue weighted by atomic mass is 10.2. The Kier molecular flexibility index (Phi) is 8.14. The molecule has 0 bridgehead atoms. The molecule has 0 amide bonds. The van der Waals surface area contributed by atoms with E-state index in [0.717, 1.165) is 18.3 Å². The summed E-state index contributed by atoms with van der Waals surface area (Å²) < 4.78 is 5.43. The topological polar surface area (TPSA) is 9.23 Å². The highest BCUT2D eigenvalue weighted by atomic mass is 32.2. The van der Waals surface area contributed by atoms with Crippen molar-refractivity contribution in [3.05, 3.63) is 0 Å². The van der Waals surface area contributed by atoms with Crippen molar-refractivity contribution < 1.29 is 4.74 Å². The van der Waals surface area contributed by atoms with Crippen LogP contribution in [0.3, 0.4) is 0 Å². The number of hydrogen-bond donors (Lipinski definition) is 0. The summed E-state index contributed by atoms with van der Waals surface area (Å²) in [6.07, 6.45) is 1.71. The molecule has 0 radical (unpaired) electrons. The summed E-state index contributed by atoms with van der Waals surface area (Å²) in [6.45, 7) is 9.61. The first-order valence-electron chi connectivity index (χ1n) is 4.82. The summed E-state index contributed by atoms with van der Waals surface area (Å²) in [7, 11) is 0. The molecular weight excluding hydrogens is 168 g/mol. The minimum absolute atomic E-state index is 0.385. The van der Waals surface area contributed by atoms with E-state index in [1.165, 1.54) is 12.2 Å². The lowest BCUT2D eigenvalue weighted by Crippen LogP contribution is -2.05. The molecule has 0 aromatic rings. The van der Waals surface area contributed by atoms with E-state index in [0.29, 0.717) is 6.10 Å². The van der Waals surface area contributed by atoms with Crippen molar-refractivity contribution in [1.29, 1.82) is 0 Å². The van der Waals surface area contributed by atoms with E-state index in [2.05, 4.69) is 27.7 Å². The third kappa shape index (κ3) is 10.3. The summed E-state index contributed by atoms with van der Waals surface area (Å²) in [5.74, 6) is 3.26. The summed E-state index contributed by atoms with van der Waals surface area (Å²) >= 11 is 2.00. The minimum Gasteiger partial charge on any atom is -0.378 e. The molecule has 0 heterocycles. The zero-order valence-corrected chi connectivity index (χ0v) is 9.62. The van der Waals surface area contributed by atoms with Crippen molar-refractivity contribution in [3.63, 3.8) is 0 Å². The molecule has 0 saturated carbocycles. The van der Waals surface area contributed by atoms with Gasteiger partial charge < -0.3 is 4.74 Å². The Morgan fingerprint density at radius 2 is 1.75 bits per heavy atom. The average molecular weight is 190 g/mol. The fraction of sp³-hybridized carbons (Fsp3) is 1.00. The Hall–Kier alpha value is 0.310. The van der Waals surface area contributed by atoms with Gasteiger partial charge >= 0.3 is 0 Å². The average Bonchev–Trinajstić information content (AvgIpc) is 1.95. The van der Waals surface area contributed by atoms with Gasteiger partial charge in [-0.25, -0.2) is 0 Å². The maximum Gasteiger partial charge on any atom is 0.0560 e. The van der Waals surface area contributed by atoms with E-state index in [4.69, 9.17) is 4.74 Å². The fourth-order valence-electron chi connectivity index (χ4n) is 0.764. The summed E-state index contributed by atoms with van der Waals surface area (Å²) in [5, 5.41) is 0. The predicted molar refractivity (Wildman–Crippen MR) is 57.9 cm³/mol. The van der Waals surface area contributed by atoms with Crippen LogP contribution < -0.4 is 0 Å². The molecule has 0 atom stereocenters. The zero-order chi connectivity index (χ0) is 9.40. The standard InChI is InChI=1S/C10H22OS/c1-9(2)5-7-12-8-6-11-10(3)4/h9-10H,5-8H2,1-4H3. The van der Waals surface area contributed by atoms with Gasteiger partial charge in [0.25, 0.3) is 0 Å². The van der Waals surface area contributed by atoms with Gasteiger partial charge in [0, 0.05) is 5.75 Å². The van der Waals surface area contributed by atoms with E-state index < -0.39 is 0 Å². The molecule has 0 saturated heterocycles. The third-order valence-corrected chi connectivity index (χ3v) is 2.50. The Balaban J connectivity index is 2.91. The first-order valence-corrected chi connectivity index (χ1v) is 5.97. The van der Waals surface area contributed by atoms with Crippen molar-refractivity contribution in [1.82, 2.24) is 0 Å². The van der Waals surface area contributed by atoms with Crippen LogP contribution in [0.15, 0.2) is 0 Å². The van der Waals surface area contributed by atoms with Gasteiger partial charge in [0.1, 0.15) is 0 Å². The second-order valence-electron chi connectivity index (χ2n) is 3.71. The summed E-state index contributed by atoms with van der Waals surface area (Å²) in [4.78, 5) is 0. The second-order valence-corrected chi connectivity index (χ2v) is 4.94. The molecule has 0 aliphatic rings. The van der Waals surface area contributed by atoms with Gasteiger partial charge in [-0.1, -0.05) is 13.8 Å². The molecule has 0 spiro atoms. The Labute approximate surface area is 81.3 Å². The highest BCUT2D eigenvalue weighted by molar-refractivity contribution is 7.99. The molecule has 0 aliphatic carbocycles. The molecule has 0 rings (SSSR count). The molecule has 2 heteroatoms. The highest BCUT2D eigenvalue weighted by Gasteiger charge is 1.95. The monoisotopic (exact) mass is 190 g/mol. The van der Waals surface area contributed by atoms with Crippen LogP contribution in [0.5, 0.6) is 0 Å². The minimum atomic E-state index is 0.385. The van der Waals surface area contributed by atoms with Crippen molar-refractivity contribution in [2.75, 3.05) is 18.1 Å². The first kappa shape index (κ1) is 12.3. The smallest absolute Gasteiger partial charge is 0.0560 e. The SMILES string of the molecule is CC(C)CCSCCOC(C)C. The number of hydrogen-bond acceptors (Lipinski definition) is 2. The maximum atomic E-state index is 5.43. The van der Waals surface area contributed by atoms with Gasteiger partial charge in [-0.05, 0) is 31.9 Å². The molecule has 1 nitrogen and oxygen atoms in total. The quantitative estimate of drug-likeness (QED) is 0.570. The molecule has 0 fully saturated rings. The molecular formula is C10H22OS. The van der Waals surface area contributed by atoms with Crippen LogP contribution >= 0.6 is 11.8 Å². The first-order chi connectivity index (χ1) is 5.63. The molecule has 0 aliphatic heterocycles. The fourth-order valence-corrected chi connectivity index (χ4v) is 1.82. The molecule has 0 aromatic heterocycles. The van der Waals surface area contributed by atoms with Gasteiger partial charge in [-0.15, -0.1) is 0 Å². The van der Waals surface area contributed by atoms with Crippen LogP contribution in [0, 0.1) is 5.92 Å². The third-order valence-electron chi connectivity index (χ3n) is 1.52. The van der Waals surface area contributed by atoms with Gasteiger partial charge in [0.05, 0.1) is 12.7 Å². The number of thioether (sulfide) groups is 1. The largest absolute Gasteiger partial charge is 0.378 e. The van der Waals surface area contributed by atoms with Crippen molar-refractivity contribution >= 4 is 11.8 Å². The lowest BCUT2D eigenvalue weighted by molar-refractivity contribution is 0.0920. The van der Waals surface area contributed by atoms with E-state index in [9.17, 15) is 0 Å². The number of rotatable bonds is 7. The van der Waals surface area contributed by atoms with E-state index >= 15 is 0 Å². The Bertz CT molecular complexity index is 79.8. The van der Waals surface area contributed by atoms with E-state index in [-0.39, 0.29) is 0 Å². The molecule has 0 unspecified atom stereocenters. The maximum absolute atomic E-state index is 5.43. The number of ether oxygens (including phenoxy) is 1. The lowest BCUT2D eigenvalue weighted by Gasteiger charge is -2.07. The Morgan fingerprint density at radius 1 is 1.08 bits per heavy atom. The molecule has 0 N–H and O–H groups in total. The van der Waals surface area contributed by atoms with E-state index in [1.807, 2.05) is 11.8 Å². The summed E-state index contributed by atoms with van der Waals surface area (Å²) in [5.41, 5.74) is 0. The van der Waals surface area contributed by atoms with Crippen molar-refractivity contribution in [2.45, 2.75) is 40.2 Å². The molecule has 74 valence electrons. The van der Waals surface area contributed by atoms with Gasteiger partial charge in [-0.3, -0.25) is 0 Å². The zero-order valence-electron chi connectivity index (χ0n) is 8.80. The Morgan fingerprint density at radius 3 is 2.25 bits per heavy atom. The van der Waals surface area contributed by atoms with E-state index in [1.54, 1.807) is 0 Å².